The van der Waals surface area contributed by atoms with Gasteiger partial charge in [0.1, 0.15) is 6.61 Å². The van der Waals surface area contributed by atoms with Gasteiger partial charge < -0.3 is 23.9 Å². The van der Waals surface area contributed by atoms with Crippen molar-refractivity contribution in [1.29, 1.82) is 0 Å². The maximum absolute atomic E-state index is 13.9. The predicted octanol–water partition coefficient (Wildman–Crippen LogP) is 5.51. The summed E-state index contributed by atoms with van der Waals surface area (Å²) in [5.74, 6) is -0.478. The Morgan fingerprint density at radius 1 is 0.907 bits per heavy atom. The molecule has 1 atom stereocenters. The number of nitrogens with zero attached hydrogens (tertiary/aromatic N) is 2. The molecule has 2 aromatic heterocycles. The lowest BCUT2D eigenvalue weighted by molar-refractivity contribution is -0.172. The molecule has 43 heavy (non-hydrogen) atoms. The molecule has 0 saturated carbocycles. The number of carbonyl (C=O) groups excluding carboxylic acids is 1. The van der Waals surface area contributed by atoms with Crippen LogP contribution in [0.5, 0.6) is 11.5 Å². The molecule has 0 spiro atoms. The van der Waals surface area contributed by atoms with Crippen LogP contribution in [0.3, 0.4) is 0 Å². The Kier molecular flexibility index (Phi) is 5.53. The molecular formula is C29H18F6N2O6. The average Bonchev–Trinajstić information content (AvgIpc) is 3.56. The van der Waals surface area contributed by atoms with E-state index < -0.39 is 52.8 Å². The number of pyridine rings is 2. The van der Waals surface area contributed by atoms with Gasteiger partial charge in [-0.15, -0.1) is 0 Å². The van der Waals surface area contributed by atoms with Crippen LogP contribution >= 0.6 is 0 Å². The van der Waals surface area contributed by atoms with Crippen molar-refractivity contribution in [2.75, 3.05) is 6.79 Å². The second-order valence-electron chi connectivity index (χ2n) is 10.4. The number of ether oxygens (including phenoxy) is 3. The minimum absolute atomic E-state index is 0.00269. The van der Waals surface area contributed by atoms with Crippen molar-refractivity contribution in [3.8, 4) is 34.0 Å². The van der Waals surface area contributed by atoms with Crippen LogP contribution in [0.2, 0.25) is 0 Å². The lowest BCUT2D eigenvalue weighted by Crippen LogP contribution is -2.44. The first-order chi connectivity index (χ1) is 20.2. The van der Waals surface area contributed by atoms with Crippen LogP contribution < -0.4 is 15.0 Å². The molecule has 0 bridgehead atoms. The van der Waals surface area contributed by atoms with E-state index in [0.717, 1.165) is 0 Å². The van der Waals surface area contributed by atoms with Gasteiger partial charge in [0.05, 0.1) is 40.1 Å². The largest absolute Gasteiger partial charge is 0.458 e. The van der Waals surface area contributed by atoms with Crippen molar-refractivity contribution in [2.45, 2.75) is 44.4 Å². The molecular weight excluding hydrogens is 586 g/mol. The fourth-order valence-corrected chi connectivity index (χ4v) is 5.90. The third-order valence-electron chi connectivity index (χ3n) is 8.06. The molecule has 7 rings (SSSR count). The highest BCUT2D eigenvalue weighted by atomic mass is 19.4. The minimum atomic E-state index is -5.10. The number of aromatic nitrogens is 2. The van der Waals surface area contributed by atoms with Crippen molar-refractivity contribution in [3.63, 3.8) is 0 Å². The lowest BCUT2D eigenvalue weighted by atomic mass is 9.86. The Bertz CT molecular complexity index is 1930. The summed E-state index contributed by atoms with van der Waals surface area (Å²) >= 11 is 0. The van der Waals surface area contributed by atoms with E-state index in [1.54, 1.807) is 0 Å². The third kappa shape index (κ3) is 3.92. The maximum Gasteiger partial charge on any atom is 0.416 e. The van der Waals surface area contributed by atoms with E-state index in [1.807, 2.05) is 0 Å². The van der Waals surface area contributed by atoms with Crippen LogP contribution in [-0.4, -0.2) is 27.4 Å². The van der Waals surface area contributed by atoms with Gasteiger partial charge in [-0.2, -0.15) is 26.3 Å². The summed E-state index contributed by atoms with van der Waals surface area (Å²) in [6.45, 7) is 0.684. The van der Waals surface area contributed by atoms with E-state index >= 15 is 0 Å². The monoisotopic (exact) mass is 604 g/mol. The van der Waals surface area contributed by atoms with Gasteiger partial charge in [-0.25, -0.2) is 9.78 Å². The molecule has 3 aliphatic heterocycles. The van der Waals surface area contributed by atoms with Gasteiger partial charge in [0.2, 0.25) is 6.79 Å². The number of cyclic esters (lactones) is 1. The molecule has 0 radical (unpaired) electrons. The predicted molar refractivity (Wildman–Crippen MR) is 136 cm³/mol. The summed E-state index contributed by atoms with van der Waals surface area (Å²) in [6, 6.07) is 5.54. The van der Waals surface area contributed by atoms with Crippen molar-refractivity contribution in [1.82, 2.24) is 9.55 Å². The van der Waals surface area contributed by atoms with Crippen molar-refractivity contribution >= 4 is 16.9 Å². The zero-order valence-electron chi connectivity index (χ0n) is 21.9. The van der Waals surface area contributed by atoms with Gasteiger partial charge in [-0.05, 0) is 47.9 Å². The second kappa shape index (κ2) is 8.72. The number of hydrogen-bond acceptors (Lipinski definition) is 7. The Balaban J connectivity index is 1.57. The van der Waals surface area contributed by atoms with Crippen LogP contribution in [0.25, 0.3) is 33.4 Å². The summed E-state index contributed by atoms with van der Waals surface area (Å²) in [6.07, 6.45) is -10.3. The molecule has 0 unspecified atom stereocenters. The smallest absolute Gasteiger partial charge is 0.416 e. The molecule has 0 amide bonds. The number of alkyl halides is 6. The van der Waals surface area contributed by atoms with Gasteiger partial charge in [0, 0.05) is 22.6 Å². The summed E-state index contributed by atoms with van der Waals surface area (Å²) < 4.78 is 100. The number of hydrogen-bond donors (Lipinski definition) is 1. The van der Waals surface area contributed by atoms with Crippen LogP contribution in [0.15, 0.2) is 41.2 Å². The SMILES string of the molecule is CC[C@@]1(O)C(=O)OCc2c1cc1n(c2=O)Cc2c-1nc1cc3c(cc1c2-c1cc(C(F)(F)F)cc(C(F)(F)F)c1)OCO3. The molecule has 3 aliphatic rings. The molecule has 4 aromatic rings. The first kappa shape index (κ1) is 27.3. The van der Waals surface area contributed by atoms with Gasteiger partial charge >= 0.3 is 18.3 Å². The number of fused-ring (bicyclic) bond motifs is 6. The Labute approximate surface area is 237 Å². The fourth-order valence-electron chi connectivity index (χ4n) is 5.90. The van der Waals surface area contributed by atoms with E-state index in [1.165, 1.54) is 29.7 Å². The first-order valence-corrected chi connectivity index (χ1v) is 12.9. The van der Waals surface area contributed by atoms with Crippen LogP contribution in [-0.2, 0) is 40.6 Å². The Morgan fingerprint density at radius 2 is 1.56 bits per heavy atom. The molecule has 0 fully saturated rings. The minimum Gasteiger partial charge on any atom is -0.458 e. The van der Waals surface area contributed by atoms with E-state index in [4.69, 9.17) is 14.2 Å². The average molecular weight is 604 g/mol. The highest BCUT2D eigenvalue weighted by molar-refractivity contribution is 6.01. The Hall–Kier alpha value is -4.59. The number of aliphatic hydroxyl groups is 1. The molecule has 8 nitrogen and oxygen atoms in total. The number of benzene rings is 2. The van der Waals surface area contributed by atoms with Crippen molar-refractivity contribution < 1.29 is 50.5 Å². The van der Waals surface area contributed by atoms with Gasteiger partial charge in [0.15, 0.2) is 17.1 Å². The standard InChI is InChI=1S/C29H18F6N2O6/c1-2-27(40)18-7-20-24-16(9-37(20)25(38)17(18)10-41-26(27)39)23(15-6-21-22(43-11-42-21)8-19(15)36-24)12-3-13(28(30,31)32)5-14(4-12)29(33,34)35/h3-8,40H,2,9-11H2,1H3/t27-/m0/s1. The zero-order valence-corrected chi connectivity index (χ0v) is 21.9. The highest BCUT2D eigenvalue weighted by Crippen LogP contribution is 2.48. The summed E-state index contributed by atoms with van der Waals surface area (Å²) in [5.41, 5.74) is -5.69. The normalized spacial score (nSPS) is 18.8. The van der Waals surface area contributed by atoms with Crippen LogP contribution in [0.4, 0.5) is 26.3 Å². The molecule has 14 heteroatoms. The topological polar surface area (TPSA) is 99.9 Å². The quantitative estimate of drug-likeness (QED) is 0.210. The van der Waals surface area contributed by atoms with E-state index in [-0.39, 0.29) is 81.9 Å². The summed E-state index contributed by atoms with van der Waals surface area (Å²) in [4.78, 5) is 30.8. The number of carbonyl (C=O) groups is 1. The molecule has 0 aliphatic carbocycles. The molecule has 1 N–H and O–H groups in total. The van der Waals surface area contributed by atoms with Crippen molar-refractivity contribution in [2.24, 2.45) is 0 Å². The van der Waals surface area contributed by atoms with Crippen molar-refractivity contribution in [3.05, 3.63) is 74.6 Å². The number of rotatable bonds is 2. The third-order valence-corrected chi connectivity index (χ3v) is 8.06. The molecule has 222 valence electrons. The first-order valence-electron chi connectivity index (χ1n) is 12.9. The van der Waals surface area contributed by atoms with Gasteiger partial charge in [-0.3, -0.25) is 4.79 Å². The summed E-state index contributed by atoms with van der Waals surface area (Å²) in [5, 5.41) is 11.3. The summed E-state index contributed by atoms with van der Waals surface area (Å²) in [7, 11) is 0. The van der Waals surface area contributed by atoms with Gasteiger partial charge in [-0.1, -0.05) is 6.92 Å². The fraction of sp³-hybridized carbons (Fsp3) is 0.276. The van der Waals surface area contributed by atoms with Crippen LogP contribution in [0.1, 0.15) is 41.2 Å². The molecule has 5 heterocycles. The number of halogens is 6. The van der Waals surface area contributed by atoms with E-state index in [2.05, 4.69) is 4.98 Å². The number of esters is 1. The van der Waals surface area contributed by atoms with Gasteiger partial charge in [0.25, 0.3) is 5.56 Å². The zero-order chi connectivity index (χ0) is 30.6. The Morgan fingerprint density at radius 3 is 2.19 bits per heavy atom. The van der Waals surface area contributed by atoms with Crippen LogP contribution in [0, 0.1) is 0 Å². The lowest BCUT2D eigenvalue weighted by Gasteiger charge is -2.31. The highest BCUT2D eigenvalue weighted by Gasteiger charge is 2.46. The molecule has 0 saturated heterocycles. The van der Waals surface area contributed by atoms with E-state index in [0.29, 0.717) is 12.1 Å². The maximum atomic E-state index is 13.9. The molecule has 2 aromatic carbocycles. The second-order valence-corrected chi connectivity index (χ2v) is 10.4. The van der Waals surface area contributed by atoms with E-state index in [9.17, 15) is 41.0 Å².